The van der Waals surface area contributed by atoms with E-state index in [1.165, 1.54) is 0 Å². The second-order valence-electron chi connectivity index (χ2n) is 5.31. The van der Waals surface area contributed by atoms with E-state index < -0.39 is 0 Å². The summed E-state index contributed by atoms with van der Waals surface area (Å²) in [7, 11) is 4.09. The SMILES string of the molecule is CCCCc1cc(-c2csc(CN(C)C)n2)ccc1O. The quantitative estimate of drug-likeness (QED) is 0.876. The highest BCUT2D eigenvalue weighted by Crippen LogP contribution is 2.28. The van der Waals surface area contributed by atoms with Gasteiger partial charge in [0.1, 0.15) is 10.8 Å². The molecule has 0 aliphatic carbocycles. The van der Waals surface area contributed by atoms with Crippen molar-refractivity contribution in [2.75, 3.05) is 14.1 Å². The molecule has 1 aromatic carbocycles. The number of hydrogen-bond acceptors (Lipinski definition) is 4. The van der Waals surface area contributed by atoms with Gasteiger partial charge in [0.25, 0.3) is 0 Å². The van der Waals surface area contributed by atoms with Gasteiger partial charge in [-0.2, -0.15) is 0 Å². The molecule has 108 valence electrons. The van der Waals surface area contributed by atoms with Gasteiger partial charge in [0.15, 0.2) is 0 Å². The van der Waals surface area contributed by atoms with Crippen molar-refractivity contribution in [2.45, 2.75) is 32.7 Å². The molecule has 0 unspecified atom stereocenters. The molecule has 0 bridgehead atoms. The molecule has 0 amide bonds. The predicted molar refractivity (Wildman–Crippen MR) is 85.2 cm³/mol. The Kier molecular flexibility index (Phi) is 5.15. The number of phenolic OH excluding ortho intramolecular Hbond substituents is 1. The van der Waals surface area contributed by atoms with Crippen molar-refractivity contribution >= 4 is 11.3 Å². The van der Waals surface area contributed by atoms with E-state index in [4.69, 9.17) is 0 Å². The second-order valence-corrected chi connectivity index (χ2v) is 6.25. The number of phenols is 1. The molecule has 0 atom stereocenters. The maximum atomic E-state index is 9.91. The molecule has 3 nitrogen and oxygen atoms in total. The topological polar surface area (TPSA) is 36.4 Å². The van der Waals surface area contributed by atoms with Crippen LogP contribution in [0.15, 0.2) is 23.6 Å². The molecule has 2 rings (SSSR count). The average Bonchev–Trinajstić information content (AvgIpc) is 2.85. The molecule has 0 saturated carbocycles. The minimum Gasteiger partial charge on any atom is -0.508 e. The lowest BCUT2D eigenvalue weighted by Gasteiger charge is -2.07. The Bertz CT molecular complexity index is 563. The first-order valence-corrected chi connectivity index (χ1v) is 7.89. The van der Waals surface area contributed by atoms with E-state index in [1.54, 1.807) is 17.4 Å². The number of thiazole rings is 1. The van der Waals surface area contributed by atoms with Crippen LogP contribution in [-0.2, 0) is 13.0 Å². The van der Waals surface area contributed by atoms with E-state index in [2.05, 4.69) is 28.3 Å². The number of nitrogens with zero attached hydrogens (tertiary/aromatic N) is 2. The van der Waals surface area contributed by atoms with Crippen molar-refractivity contribution in [3.8, 4) is 17.0 Å². The molecule has 1 aromatic heterocycles. The Morgan fingerprint density at radius 3 is 2.80 bits per heavy atom. The molecule has 0 saturated heterocycles. The first kappa shape index (κ1) is 15.0. The van der Waals surface area contributed by atoms with E-state index in [9.17, 15) is 5.11 Å². The Morgan fingerprint density at radius 2 is 2.10 bits per heavy atom. The molecule has 0 spiro atoms. The number of aromatic nitrogens is 1. The summed E-state index contributed by atoms with van der Waals surface area (Å²) in [4.78, 5) is 6.78. The van der Waals surface area contributed by atoms with E-state index in [1.807, 2.05) is 20.2 Å². The van der Waals surface area contributed by atoms with Crippen molar-refractivity contribution in [1.82, 2.24) is 9.88 Å². The van der Waals surface area contributed by atoms with Gasteiger partial charge in [-0.25, -0.2) is 4.98 Å². The molecular weight excluding hydrogens is 268 g/mol. The summed E-state index contributed by atoms with van der Waals surface area (Å²) in [5.74, 6) is 0.394. The van der Waals surface area contributed by atoms with Gasteiger partial charge in [-0.15, -0.1) is 11.3 Å². The van der Waals surface area contributed by atoms with Crippen LogP contribution in [-0.4, -0.2) is 29.1 Å². The van der Waals surface area contributed by atoms with Crippen LogP contribution in [0, 0.1) is 0 Å². The highest BCUT2D eigenvalue weighted by molar-refractivity contribution is 7.09. The van der Waals surface area contributed by atoms with E-state index in [0.717, 1.165) is 47.6 Å². The molecule has 1 N–H and O–H groups in total. The lowest BCUT2D eigenvalue weighted by atomic mass is 10.0. The molecule has 0 fully saturated rings. The van der Waals surface area contributed by atoms with Crippen molar-refractivity contribution in [1.29, 1.82) is 0 Å². The van der Waals surface area contributed by atoms with Crippen LogP contribution >= 0.6 is 11.3 Å². The minimum atomic E-state index is 0.394. The van der Waals surface area contributed by atoms with Gasteiger partial charge in [0.05, 0.1) is 5.69 Å². The third-order valence-electron chi connectivity index (χ3n) is 3.18. The van der Waals surface area contributed by atoms with E-state index in [-0.39, 0.29) is 0 Å². The molecule has 20 heavy (non-hydrogen) atoms. The van der Waals surface area contributed by atoms with Crippen LogP contribution in [0.4, 0.5) is 0 Å². The van der Waals surface area contributed by atoms with Gasteiger partial charge in [-0.3, -0.25) is 0 Å². The lowest BCUT2D eigenvalue weighted by molar-refractivity contribution is 0.402. The maximum Gasteiger partial charge on any atom is 0.118 e. The van der Waals surface area contributed by atoms with Gasteiger partial charge in [-0.05, 0) is 50.7 Å². The maximum absolute atomic E-state index is 9.91. The Morgan fingerprint density at radius 1 is 1.30 bits per heavy atom. The van der Waals surface area contributed by atoms with Crippen LogP contribution in [0.1, 0.15) is 30.3 Å². The van der Waals surface area contributed by atoms with Crippen LogP contribution in [0.3, 0.4) is 0 Å². The first-order chi connectivity index (χ1) is 9.60. The zero-order valence-corrected chi connectivity index (χ0v) is 13.2. The summed E-state index contributed by atoms with van der Waals surface area (Å²) in [6.45, 7) is 3.03. The summed E-state index contributed by atoms with van der Waals surface area (Å²) in [5, 5.41) is 13.1. The Labute approximate surface area is 124 Å². The Balaban J connectivity index is 2.21. The van der Waals surface area contributed by atoms with Gasteiger partial charge >= 0.3 is 0 Å². The van der Waals surface area contributed by atoms with Crippen molar-refractivity contribution < 1.29 is 5.11 Å². The molecule has 0 aliphatic rings. The third kappa shape index (κ3) is 3.81. The van der Waals surface area contributed by atoms with Gasteiger partial charge in [-0.1, -0.05) is 13.3 Å². The summed E-state index contributed by atoms with van der Waals surface area (Å²) in [5.41, 5.74) is 3.12. The summed E-state index contributed by atoms with van der Waals surface area (Å²) >= 11 is 1.69. The van der Waals surface area contributed by atoms with Gasteiger partial charge < -0.3 is 10.0 Å². The largest absolute Gasteiger partial charge is 0.508 e. The number of aryl methyl sites for hydroxylation is 1. The van der Waals surface area contributed by atoms with Crippen molar-refractivity contribution in [3.05, 3.63) is 34.2 Å². The van der Waals surface area contributed by atoms with Crippen LogP contribution < -0.4 is 0 Å². The smallest absolute Gasteiger partial charge is 0.118 e. The average molecular weight is 290 g/mol. The van der Waals surface area contributed by atoms with Gasteiger partial charge in [0.2, 0.25) is 0 Å². The fourth-order valence-electron chi connectivity index (χ4n) is 2.10. The number of aromatic hydroxyl groups is 1. The molecule has 2 aromatic rings. The molecule has 0 radical (unpaired) electrons. The van der Waals surface area contributed by atoms with Gasteiger partial charge in [0, 0.05) is 17.5 Å². The lowest BCUT2D eigenvalue weighted by Crippen LogP contribution is -2.10. The number of hydrogen-bond donors (Lipinski definition) is 1. The van der Waals surface area contributed by atoms with Crippen molar-refractivity contribution in [2.24, 2.45) is 0 Å². The summed E-state index contributed by atoms with van der Waals surface area (Å²) in [6, 6.07) is 5.80. The molecule has 0 aliphatic heterocycles. The molecule has 1 heterocycles. The minimum absolute atomic E-state index is 0.394. The fraction of sp³-hybridized carbons (Fsp3) is 0.438. The normalized spacial score (nSPS) is 11.2. The zero-order chi connectivity index (χ0) is 14.5. The second kappa shape index (κ2) is 6.86. The molecular formula is C16H22N2OS. The zero-order valence-electron chi connectivity index (χ0n) is 12.4. The third-order valence-corrected chi connectivity index (χ3v) is 4.01. The van der Waals surface area contributed by atoms with Crippen molar-refractivity contribution in [3.63, 3.8) is 0 Å². The number of benzene rings is 1. The van der Waals surface area contributed by atoms with E-state index in [0.29, 0.717) is 5.75 Å². The number of unbranched alkanes of at least 4 members (excludes halogenated alkanes) is 1. The van der Waals surface area contributed by atoms with Crippen LogP contribution in [0.25, 0.3) is 11.3 Å². The standard InChI is InChI=1S/C16H22N2OS/c1-4-5-6-13-9-12(7-8-15(13)19)14-11-20-16(17-14)10-18(2)3/h7-9,11,19H,4-6,10H2,1-3H3. The Hall–Kier alpha value is -1.39. The highest BCUT2D eigenvalue weighted by atomic mass is 32.1. The highest BCUT2D eigenvalue weighted by Gasteiger charge is 2.08. The first-order valence-electron chi connectivity index (χ1n) is 7.01. The van der Waals surface area contributed by atoms with Crippen LogP contribution in [0.2, 0.25) is 0 Å². The van der Waals surface area contributed by atoms with Crippen LogP contribution in [0.5, 0.6) is 5.75 Å². The summed E-state index contributed by atoms with van der Waals surface area (Å²) < 4.78 is 0. The number of rotatable bonds is 6. The fourth-order valence-corrected chi connectivity index (χ4v) is 3.02. The molecule has 4 heteroatoms. The van der Waals surface area contributed by atoms with E-state index >= 15 is 0 Å². The summed E-state index contributed by atoms with van der Waals surface area (Å²) in [6.07, 6.45) is 3.15. The monoisotopic (exact) mass is 290 g/mol. The predicted octanol–water partition coefficient (Wildman–Crippen LogP) is 3.92.